The van der Waals surface area contributed by atoms with E-state index in [1.165, 1.54) is 93.3 Å². The SMILES string of the molecule is Bc1c(B)c(B)c(-c2c(B)c(B)c(N(c3ccc(-c4cccc5ccccc45)cc3)c3cccc(-c4cccc5oc6c7ccccc7ccc6c45)c3)c(B)c2B)c(B)c1B. The standard InChI is InChI=1S/C50H42B9NO/c51-40-38(41(52)45(56)46(57)44(40)55)39-42(53)47(58)49(48(59)43(39)54)60(29-21-18-27(19-22-29)32-15-6-10-25-8-1-3-13-31(25)32)30-12-5-11-28(24-30)33-16-7-17-36-37(33)35-23-20-26-9-2-4-14-34(26)50(35)61-36/h1-24H,51-59H2. The van der Waals surface area contributed by atoms with E-state index in [1.54, 1.807) is 0 Å². The zero-order chi connectivity index (χ0) is 42.3. The predicted molar refractivity (Wildman–Crippen MR) is 293 cm³/mol. The van der Waals surface area contributed by atoms with Crippen LogP contribution in [0.5, 0.6) is 0 Å². The van der Waals surface area contributed by atoms with Crippen LogP contribution in [0, 0.1) is 0 Å². The second kappa shape index (κ2) is 15.0. The van der Waals surface area contributed by atoms with Crippen LogP contribution in [-0.2, 0) is 0 Å². The Morgan fingerprint density at radius 1 is 0.361 bits per heavy atom. The van der Waals surface area contributed by atoms with Crippen molar-refractivity contribution in [1.29, 1.82) is 0 Å². The Labute approximate surface area is 366 Å². The molecule has 0 fully saturated rings. The van der Waals surface area contributed by atoms with E-state index in [4.69, 9.17) is 4.42 Å². The van der Waals surface area contributed by atoms with Gasteiger partial charge >= 0.3 is 0 Å². The van der Waals surface area contributed by atoms with Crippen LogP contribution in [0.1, 0.15) is 0 Å². The summed E-state index contributed by atoms with van der Waals surface area (Å²) in [5.74, 6) is 0. The van der Waals surface area contributed by atoms with Crippen LogP contribution in [-0.4, -0.2) is 70.6 Å². The summed E-state index contributed by atoms with van der Waals surface area (Å²) in [5.41, 5.74) is 24.9. The van der Waals surface area contributed by atoms with Crippen molar-refractivity contribution >= 4 is 180 Å². The number of anilines is 3. The first-order valence-electron chi connectivity index (χ1n) is 21.5. The molecule has 0 spiro atoms. The molecule has 0 N–H and O–H groups in total. The van der Waals surface area contributed by atoms with Gasteiger partial charge in [-0.2, -0.15) is 0 Å². The first-order valence-corrected chi connectivity index (χ1v) is 21.5. The fraction of sp³-hybridized carbons (Fsp3) is 0. The molecule has 10 aromatic rings. The van der Waals surface area contributed by atoms with Gasteiger partial charge in [0.05, 0.1) is 0 Å². The minimum Gasteiger partial charge on any atom is -0.455 e. The van der Waals surface area contributed by atoms with Gasteiger partial charge < -0.3 is 9.32 Å². The van der Waals surface area contributed by atoms with Gasteiger partial charge in [-0.1, -0.05) is 142 Å². The molecule has 0 aliphatic rings. The largest absolute Gasteiger partial charge is 0.455 e. The van der Waals surface area contributed by atoms with E-state index < -0.39 is 0 Å². The summed E-state index contributed by atoms with van der Waals surface area (Å²) in [7, 11) is 20.8. The van der Waals surface area contributed by atoms with E-state index >= 15 is 0 Å². The summed E-state index contributed by atoms with van der Waals surface area (Å²) in [5, 5.41) is 7.10. The lowest BCUT2D eigenvalue weighted by Gasteiger charge is -2.34. The molecule has 0 saturated heterocycles. The zero-order valence-electron chi connectivity index (χ0n) is 36.7. The highest BCUT2D eigenvalue weighted by Gasteiger charge is 2.25. The van der Waals surface area contributed by atoms with Crippen LogP contribution in [0.3, 0.4) is 0 Å². The Hall–Kier alpha value is -6.32. The van der Waals surface area contributed by atoms with Crippen molar-refractivity contribution in [3.63, 3.8) is 0 Å². The lowest BCUT2D eigenvalue weighted by molar-refractivity contribution is 0.673. The molecule has 9 aromatic carbocycles. The molecule has 0 aliphatic heterocycles. The highest BCUT2D eigenvalue weighted by molar-refractivity contribution is 6.71. The van der Waals surface area contributed by atoms with Crippen LogP contribution in [0.4, 0.5) is 17.1 Å². The molecule has 1 heterocycles. The third-order valence-corrected chi connectivity index (χ3v) is 14.1. The Kier molecular flexibility index (Phi) is 9.55. The Bertz CT molecular complexity index is 3370. The number of hydrogen-bond donors (Lipinski definition) is 0. The van der Waals surface area contributed by atoms with Crippen molar-refractivity contribution in [2.45, 2.75) is 0 Å². The third-order valence-electron chi connectivity index (χ3n) is 14.1. The molecule has 10 rings (SSSR count). The predicted octanol–water partition coefficient (Wildman–Crippen LogP) is -1.31. The fourth-order valence-electron chi connectivity index (χ4n) is 10.2. The van der Waals surface area contributed by atoms with E-state index in [2.05, 4.69) is 221 Å². The normalized spacial score (nSPS) is 11.5. The highest BCUT2D eigenvalue weighted by atomic mass is 16.3. The molecule has 2 nitrogen and oxygen atoms in total. The van der Waals surface area contributed by atoms with Crippen LogP contribution >= 0.6 is 0 Å². The molecule has 1 aromatic heterocycles. The van der Waals surface area contributed by atoms with Crippen molar-refractivity contribution in [1.82, 2.24) is 0 Å². The lowest BCUT2D eigenvalue weighted by atomic mass is 9.56. The summed E-state index contributed by atoms with van der Waals surface area (Å²) in [6.07, 6.45) is 0. The second-order valence-electron chi connectivity index (χ2n) is 17.1. The minimum absolute atomic E-state index is 0.899. The van der Waals surface area contributed by atoms with Gasteiger partial charge in [-0.3, -0.25) is 0 Å². The number of furan rings is 1. The maximum absolute atomic E-state index is 6.65. The Morgan fingerprint density at radius 3 is 1.59 bits per heavy atom. The summed E-state index contributed by atoms with van der Waals surface area (Å²) in [4.78, 5) is 2.50. The average molecular weight is 770 g/mol. The van der Waals surface area contributed by atoms with Gasteiger partial charge in [0.25, 0.3) is 0 Å². The average Bonchev–Trinajstić information content (AvgIpc) is 3.69. The van der Waals surface area contributed by atoms with Gasteiger partial charge in [0, 0.05) is 33.2 Å². The van der Waals surface area contributed by atoms with Crippen LogP contribution < -0.4 is 54.1 Å². The van der Waals surface area contributed by atoms with Gasteiger partial charge in [0.1, 0.15) is 81.8 Å². The van der Waals surface area contributed by atoms with Crippen LogP contribution in [0.15, 0.2) is 150 Å². The smallest absolute Gasteiger partial charge is 0.143 e. The summed E-state index contributed by atoms with van der Waals surface area (Å²) >= 11 is 0. The maximum atomic E-state index is 6.65. The molecule has 0 saturated carbocycles. The molecule has 0 radical (unpaired) electrons. The molecular weight excluding hydrogens is 728 g/mol. The number of hydrogen-bond acceptors (Lipinski definition) is 2. The number of fused-ring (bicyclic) bond motifs is 6. The first-order chi connectivity index (χ1) is 29.5. The van der Waals surface area contributed by atoms with Crippen LogP contribution in [0.2, 0.25) is 0 Å². The van der Waals surface area contributed by atoms with E-state index in [0.717, 1.165) is 49.8 Å². The molecular formula is C50H42B9NO. The van der Waals surface area contributed by atoms with Gasteiger partial charge in [-0.15, -0.1) is 16.4 Å². The van der Waals surface area contributed by atoms with E-state index in [-0.39, 0.29) is 0 Å². The topological polar surface area (TPSA) is 16.4 Å². The fourth-order valence-corrected chi connectivity index (χ4v) is 10.2. The Morgan fingerprint density at radius 2 is 0.902 bits per heavy atom. The molecule has 0 atom stereocenters. The number of rotatable bonds is 6. The lowest BCUT2D eigenvalue weighted by Crippen LogP contribution is -2.57. The van der Waals surface area contributed by atoms with Crippen molar-refractivity contribution in [2.24, 2.45) is 0 Å². The number of nitrogens with zero attached hydrogens (tertiary/aromatic N) is 1. The van der Waals surface area contributed by atoms with Gasteiger partial charge in [0.15, 0.2) is 0 Å². The van der Waals surface area contributed by atoms with Gasteiger partial charge in [-0.05, 0) is 85.9 Å². The third kappa shape index (κ3) is 6.15. The van der Waals surface area contributed by atoms with E-state index in [0.29, 0.717) is 0 Å². The summed E-state index contributed by atoms with van der Waals surface area (Å²) < 4.78 is 6.65. The molecule has 280 valence electrons. The van der Waals surface area contributed by atoms with E-state index in [1.807, 2.05) is 0 Å². The molecule has 11 heteroatoms. The Balaban J connectivity index is 1.19. The molecule has 0 unspecified atom stereocenters. The van der Waals surface area contributed by atoms with Gasteiger partial charge in [0.2, 0.25) is 0 Å². The highest BCUT2D eigenvalue weighted by Crippen LogP contribution is 2.42. The van der Waals surface area contributed by atoms with Crippen molar-refractivity contribution in [3.05, 3.63) is 146 Å². The number of benzene rings is 9. The molecule has 0 amide bonds. The molecule has 0 bridgehead atoms. The minimum atomic E-state index is 0.899. The van der Waals surface area contributed by atoms with Gasteiger partial charge in [-0.25, -0.2) is 0 Å². The summed E-state index contributed by atoms with van der Waals surface area (Å²) in [6, 6.07) is 52.9. The molecule has 0 aliphatic carbocycles. The quantitative estimate of drug-likeness (QED) is 0.196. The zero-order valence-corrected chi connectivity index (χ0v) is 36.7. The molecule has 61 heavy (non-hydrogen) atoms. The van der Waals surface area contributed by atoms with Crippen molar-refractivity contribution in [2.75, 3.05) is 4.90 Å². The summed E-state index contributed by atoms with van der Waals surface area (Å²) in [6.45, 7) is 0. The van der Waals surface area contributed by atoms with E-state index in [9.17, 15) is 0 Å². The first kappa shape index (κ1) is 38.9. The van der Waals surface area contributed by atoms with Crippen LogP contribution in [0.25, 0.3) is 76.9 Å². The maximum Gasteiger partial charge on any atom is 0.143 e. The monoisotopic (exact) mass is 771 g/mol. The van der Waals surface area contributed by atoms with Crippen molar-refractivity contribution < 1.29 is 4.42 Å². The van der Waals surface area contributed by atoms with Crippen molar-refractivity contribution in [3.8, 4) is 33.4 Å². The second-order valence-corrected chi connectivity index (χ2v) is 17.1.